The number of rotatable bonds is 4. The van der Waals surface area contributed by atoms with Crippen LogP contribution in [0.25, 0.3) is 0 Å². The van der Waals surface area contributed by atoms with Crippen LogP contribution in [0.5, 0.6) is 5.75 Å². The predicted molar refractivity (Wildman–Crippen MR) is 72.1 cm³/mol. The third-order valence-electron chi connectivity index (χ3n) is 3.15. The molecular weight excluding hydrogens is 228 g/mol. The van der Waals surface area contributed by atoms with Crippen LogP contribution in [-0.4, -0.2) is 25.6 Å². The zero-order valence-electron chi connectivity index (χ0n) is 11.0. The van der Waals surface area contributed by atoms with Crippen LogP contribution >= 0.6 is 0 Å². The monoisotopic (exact) mass is 248 g/mol. The van der Waals surface area contributed by atoms with Gasteiger partial charge in [0.2, 0.25) is 5.91 Å². The SMILES string of the molecule is CCOc1ccc(C2CCNC2)cc1NC(C)=O. The van der Waals surface area contributed by atoms with Crippen molar-refractivity contribution in [1.82, 2.24) is 5.32 Å². The van der Waals surface area contributed by atoms with Crippen LogP contribution in [0, 0.1) is 0 Å². The quantitative estimate of drug-likeness (QED) is 0.858. The van der Waals surface area contributed by atoms with Gasteiger partial charge in [0.25, 0.3) is 0 Å². The molecule has 0 spiro atoms. The molecule has 1 aliphatic rings. The minimum Gasteiger partial charge on any atom is -0.492 e. The van der Waals surface area contributed by atoms with Gasteiger partial charge < -0.3 is 15.4 Å². The van der Waals surface area contributed by atoms with Gasteiger partial charge in [-0.05, 0) is 43.5 Å². The van der Waals surface area contributed by atoms with Crippen LogP contribution in [0.1, 0.15) is 31.7 Å². The molecule has 18 heavy (non-hydrogen) atoms. The summed E-state index contributed by atoms with van der Waals surface area (Å²) in [5.74, 6) is 1.20. The van der Waals surface area contributed by atoms with Gasteiger partial charge in [-0.25, -0.2) is 0 Å². The van der Waals surface area contributed by atoms with Gasteiger partial charge in [-0.15, -0.1) is 0 Å². The van der Waals surface area contributed by atoms with E-state index >= 15 is 0 Å². The minimum absolute atomic E-state index is 0.0716. The molecule has 0 saturated carbocycles. The molecule has 0 aromatic heterocycles. The van der Waals surface area contributed by atoms with Gasteiger partial charge in [-0.3, -0.25) is 4.79 Å². The molecule has 1 aromatic carbocycles. The first-order valence-electron chi connectivity index (χ1n) is 6.45. The maximum Gasteiger partial charge on any atom is 0.221 e. The fourth-order valence-electron chi connectivity index (χ4n) is 2.31. The normalized spacial score (nSPS) is 18.7. The Bertz CT molecular complexity index is 426. The van der Waals surface area contributed by atoms with Crippen LogP contribution in [0.4, 0.5) is 5.69 Å². The molecule has 2 rings (SSSR count). The smallest absolute Gasteiger partial charge is 0.221 e. The van der Waals surface area contributed by atoms with E-state index in [4.69, 9.17) is 4.74 Å². The molecule has 1 heterocycles. The van der Waals surface area contributed by atoms with E-state index in [9.17, 15) is 4.79 Å². The number of nitrogens with one attached hydrogen (secondary N) is 2. The van der Waals surface area contributed by atoms with Gasteiger partial charge in [-0.2, -0.15) is 0 Å². The molecule has 1 aliphatic heterocycles. The molecule has 1 amide bonds. The van der Waals surface area contributed by atoms with E-state index in [1.807, 2.05) is 19.1 Å². The van der Waals surface area contributed by atoms with Crippen molar-refractivity contribution in [3.05, 3.63) is 23.8 Å². The number of amides is 1. The number of benzene rings is 1. The number of anilines is 1. The first-order chi connectivity index (χ1) is 8.70. The summed E-state index contributed by atoms with van der Waals surface area (Å²) < 4.78 is 5.53. The van der Waals surface area contributed by atoms with Crippen molar-refractivity contribution >= 4 is 11.6 Å². The second-order valence-corrected chi connectivity index (χ2v) is 4.56. The van der Waals surface area contributed by atoms with Gasteiger partial charge in [-0.1, -0.05) is 6.07 Å². The largest absolute Gasteiger partial charge is 0.492 e. The molecule has 1 unspecified atom stereocenters. The Balaban J connectivity index is 2.25. The lowest BCUT2D eigenvalue weighted by atomic mass is 9.97. The van der Waals surface area contributed by atoms with E-state index in [2.05, 4.69) is 16.7 Å². The highest BCUT2D eigenvalue weighted by Crippen LogP contribution is 2.31. The predicted octanol–water partition coefficient (Wildman–Crippen LogP) is 2.12. The lowest BCUT2D eigenvalue weighted by Gasteiger charge is -2.15. The van der Waals surface area contributed by atoms with Crippen LogP contribution in [-0.2, 0) is 4.79 Å². The molecule has 4 heteroatoms. The molecule has 0 aliphatic carbocycles. The van der Waals surface area contributed by atoms with Crippen molar-refractivity contribution < 1.29 is 9.53 Å². The molecule has 0 radical (unpaired) electrons. The Morgan fingerprint density at radius 3 is 3.00 bits per heavy atom. The van der Waals surface area contributed by atoms with Crippen molar-refractivity contribution in [1.29, 1.82) is 0 Å². The Kier molecular flexibility index (Phi) is 4.20. The fourth-order valence-corrected chi connectivity index (χ4v) is 2.31. The topological polar surface area (TPSA) is 50.4 Å². The van der Waals surface area contributed by atoms with Crippen LogP contribution < -0.4 is 15.4 Å². The highest BCUT2D eigenvalue weighted by molar-refractivity contribution is 5.90. The third-order valence-corrected chi connectivity index (χ3v) is 3.15. The molecule has 4 nitrogen and oxygen atoms in total. The molecule has 1 aromatic rings. The summed E-state index contributed by atoms with van der Waals surface area (Å²) in [7, 11) is 0. The standard InChI is InChI=1S/C14H20N2O2/c1-3-18-14-5-4-11(12-6-7-15-9-12)8-13(14)16-10(2)17/h4-5,8,12,15H,3,6-7,9H2,1-2H3,(H,16,17). The summed E-state index contributed by atoms with van der Waals surface area (Å²) in [5.41, 5.74) is 2.03. The van der Waals surface area contributed by atoms with Crippen LogP contribution in [0.2, 0.25) is 0 Å². The zero-order valence-corrected chi connectivity index (χ0v) is 11.0. The maximum atomic E-state index is 11.2. The summed E-state index contributed by atoms with van der Waals surface area (Å²) in [6.07, 6.45) is 1.15. The van der Waals surface area contributed by atoms with Gasteiger partial charge in [0, 0.05) is 13.5 Å². The van der Waals surface area contributed by atoms with E-state index < -0.39 is 0 Å². The van der Waals surface area contributed by atoms with Crippen molar-refractivity contribution in [3.63, 3.8) is 0 Å². The summed E-state index contributed by atoms with van der Waals surface area (Å²) in [6, 6.07) is 6.07. The Hall–Kier alpha value is -1.55. The average molecular weight is 248 g/mol. The maximum absolute atomic E-state index is 11.2. The zero-order chi connectivity index (χ0) is 13.0. The second kappa shape index (κ2) is 5.87. The molecule has 1 atom stereocenters. The number of carbonyl (C=O) groups excluding carboxylic acids is 1. The number of carbonyl (C=O) groups is 1. The van der Waals surface area contributed by atoms with Crippen molar-refractivity contribution in [2.75, 3.05) is 25.0 Å². The molecule has 1 saturated heterocycles. The van der Waals surface area contributed by atoms with Crippen molar-refractivity contribution in [2.45, 2.75) is 26.2 Å². The highest BCUT2D eigenvalue weighted by atomic mass is 16.5. The molecule has 2 N–H and O–H groups in total. The van der Waals surface area contributed by atoms with Gasteiger partial charge in [0.1, 0.15) is 5.75 Å². The van der Waals surface area contributed by atoms with E-state index in [-0.39, 0.29) is 5.91 Å². The molecular formula is C14H20N2O2. The second-order valence-electron chi connectivity index (χ2n) is 4.56. The van der Waals surface area contributed by atoms with E-state index in [0.717, 1.165) is 30.9 Å². The first-order valence-corrected chi connectivity index (χ1v) is 6.45. The molecule has 0 bridgehead atoms. The minimum atomic E-state index is -0.0716. The van der Waals surface area contributed by atoms with Crippen LogP contribution in [0.15, 0.2) is 18.2 Å². The number of ether oxygens (including phenoxy) is 1. The van der Waals surface area contributed by atoms with E-state index in [0.29, 0.717) is 12.5 Å². The Morgan fingerprint density at radius 2 is 2.39 bits per heavy atom. The van der Waals surface area contributed by atoms with Gasteiger partial charge >= 0.3 is 0 Å². The Morgan fingerprint density at radius 1 is 1.56 bits per heavy atom. The third kappa shape index (κ3) is 3.01. The number of hydrogen-bond acceptors (Lipinski definition) is 3. The van der Waals surface area contributed by atoms with E-state index in [1.165, 1.54) is 12.5 Å². The highest BCUT2D eigenvalue weighted by Gasteiger charge is 2.18. The summed E-state index contributed by atoms with van der Waals surface area (Å²) in [5, 5.41) is 6.19. The van der Waals surface area contributed by atoms with Crippen molar-refractivity contribution in [2.24, 2.45) is 0 Å². The van der Waals surface area contributed by atoms with Crippen molar-refractivity contribution in [3.8, 4) is 5.75 Å². The average Bonchev–Trinajstić information content (AvgIpc) is 2.84. The lowest BCUT2D eigenvalue weighted by Crippen LogP contribution is -2.10. The fraction of sp³-hybridized carbons (Fsp3) is 0.500. The summed E-state index contributed by atoms with van der Waals surface area (Å²) >= 11 is 0. The molecule has 98 valence electrons. The lowest BCUT2D eigenvalue weighted by molar-refractivity contribution is -0.114. The van der Waals surface area contributed by atoms with E-state index in [1.54, 1.807) is 0 Å². The first kappa shape index (κ1) is 12.9. The Labute approximate surface area is 108 Å². The summed E-state index contributed by atoms with van der Waals surface area (Å²) in [4.78, 5) is 11.2. The van der Waals surface area contributed by atoms with Crippen LogP contribution in [0.3, 0.4) is 0 Å². The van der Waals surface area contributed by atoms with Gasteiger partial charge in [0.05, 0.1) is 12.3 Å². The summed E-state index contributed by atoms with van der Waals surface area (Å²) in [6.45, 7) is 6.11. The number of hydrogen-bond donors (Lipinski definition) is 2. The molecule has 1 fully saturated rings. The van der Waals surface area contributed by atoms with Gasteiger partial charge in [0.15, 0.2) is 0 Å².